The highest BCUT2D eigenvalue weighted by molar-refractivity contribution is 6.04. The van der Waals surface area contributed by atoms with Crippen molar-refractivity contribution < 1.29 is 29.0 Å². The molecule has 1 saturated heterocycles. The molecule has 26 heavy (non-hydrogen) atoms. The Bertz CT molecular complexity index is 708. The van der Waals surface area contributed by atoms with Crippen molar-refractivity contribution in [2.45, 2.75) is 31.8 Å². The van der Waals surface area contributed by atoms with Gasteiger partial charge in [0.2, 0.25) is 12.7 Å². The van der Waals surface area contributed by atoms with Gasteiger partial charge < -0.3 is 25.2 Å². The summed E-state index contributed by atoms with van der Waals surface area (Å²) in [6.07, 6.45) is 0.835. The van der Waals surface area contributed by atoms with E-state index in [0.717, 1.165) is 10.5 Å². The van der Waals surface area contributed by atoms with Crippen molar-refractivity contribution in [2.75, 3.05) is 19.9 Å². The molecule has 1 aromatic rings. The first-order valence-electron chi connectivity index (χ1n) is 8.46. The molecule has 0 bridgehead atoms. The Morgan fingerprint density at radius 3 is 2.92 bits per heavy atom. The number of aliphatic hydroxyl groups is 1. The van der Waals surface area contributed by atoms with Crippen LogP contribution in [0.25, 0.3) is 0 Å². The summed E-state index contributed by atoms with van der Waals surface area (Å²) in [4.78, 5) is 37.4. The lowest BCUT2D eigenvalue weighted by Gasteiger charge is -2.13. The third-order valence-electron chi connectivity index (χ3n) is 4.20. The second kappa shape index (κ2) is 8.05. The largest absolute Gasteiger partial charge is 0.454 e. The molecule has 2 aliphatic rings. The quantitative estimate of drug-likeness (QED) is 0.446. The normalized spacial score (nSPS) is 18.2. The van der Waals surface area contributed by atoms with Crippen LogP contribution in [0.4, 0.5) is 4.79 Å². The predicted octanol–water partition coefficient (Wildman–Crippen LogP) is 0.115. The minimum absolute atomic E-state index is 0.00622. The molecule has 2 aliphatic heterocycles. The van der Waals surface area contributed by atoms with Gasteiger partial charge in [-0.05, 0) is 30.5 Å². The summed E-state index contributed by atoms with van der Waals surface area (Å²) in [5, 5.41) is 13.9. The molecule has 3 rings (SSSR count). The van der Waals surface area contributed by atoms with Crippen LogP contribution >= 0.6 is 0 Å². The Morgan fingerprint density at radius 1 is 1.31 bits per heavy atom. The average molecular weight is 363 g/mol. The molecular weight excluding hydrogens is 342 g/mol. The van der Waals surface area contributed by atoms with E-state index in [9.17, 15) is 14.4 Å². The highest BCUT2D eigenvalue weighted by Gasteiger charge is 2.37. The number of benzene rings is 1. The van der Waals surface area contributed by atoms with Gasteiger partial charge in [-0.25, -0.2) is 4.79 Å². The number of amides is 4. The van der Waals surface area contributed by atoms with Crippen LogP contribution in [-0.4, -0.2) is 53.8 Å². The highest BCUT2D eigenvalue weighted by Crippen LogP contribution is 2.33. The first-order chi connectivity index (χ1) is 12.6. The van der Waals surface area contributed by atoms with Crippen molar-refractivity contribution in [3.05, 3.63) is 23.8 Å². The van der Waals surface area contributed by atoms with Crippen LogP contribution in [0.5, 0.6) is 11.5 Å². The summed E-state index contributed by atoms with van der Waals surface area (Å²) in [5.41, 5.74) is 0.750. The lowest BCUT2D eigenvalue weighted by Crippen LogP contribution is -2.32. The fourth-order valence-electron chi connectivity index (χ4n) is 2.81. The average Bonchev–Trinajstić information content (AvgIpc) is 3.19. The molecule has 0 unspecified atom stereocenters. The SMILES string of the molecule is O=C(CC[C@H]1NC(=O)N(Cc2ccc3c(c2)OCO3)C1=O)NCCCO. The van der Waals surface area contributed by atoms with E-state index in [-0.39, 0.29) is 44.6 Å². The van der Waals surface area contributed by atoms with Crippen LogP contribution in [-0.2, 0) is 16.1 Å². The summed E-state index contributed by atoms with van der Waals surface area (Å²) in [6, 6.07) is 4.07. The number of nitrogens with one attached hydrogen (secondary N) is 2. The summed E-state index contributed by atoms with van der Waals surface area (Å²) in [6.45, 7) is 0.674. The molecule has 140 valence electrons. The van der Waals surface area contributed by atoms with Gasteiger partial charge in [0.05, 0.1) is 6.54 Å². The third-order valence-corrected chi connectivity index (χ3v) is 4.20. The zero-order valence-corrected chi connectivity index (χ0v) is 14.2. The maximum absolute atomic E-state index is 12.4. The number of hydrogen-bond donors (Lipinski definition) is 3. The molecule has 9 nitrogen and oxygen atoms in total. The van der Waals surface area contributed by atoms with Gasteiger partial charge in [-0.15, -0.1) is 0 Å². The summed E-state index contributed by atoms with van der Waals surface area (Å²) < 4.78 is 10.5. The first kappa shape index (κ1) is 18.0. The smallest absolute Gasteiger partial charge is 0.325 e. The number of hydrogen-bond acceptors (Lipinski definition) is 6. The molecule has 0 spiro atoms. The van der Waals surface area contributed by atoms with E-state index in [2.05, 4.69) is 10.6 Å². The molecule has 1 aromatic carbocycles. The van der Waals surface area contributed by atoms with Crippen molar-refractivity contribution in [2.24, 2.45) is 0 Å². The monoisotopic (exact) mass is 363 g/mol. The van der Waals surface area contributed by atoms with Crippen LogP contribution in [0.2, 0.25) is 0 Å². The number of rotatable bonds is 8. The predicted molar refractivity (Wildman–Crippen MR) is 89.4 cm³/mol. The van der Waals surface area contributed by atoms with E-state index in [4.69, 9.17) is 14.6 Å². The fourth-order valence-corrected chi connectivity index (χ4v) is 2.81. The van der Waals surface area contributed by atoms with Gasteiger partial charge in [-0.2, -0.15) is 0 Å². The second-order valence-corrected chi connectivity index (χ2v) is 6.08. The number of carbonyl (C=O) groups excluding carboxylic acids is 3. The van der Waals surface area contributed by atoms with Crippen molar-refractivity contribution in [3.63, 3.8) is 0 Å². The van der Waals surface area contributed by atoms with Crippen LogP contribution < -0.4 is 20.1 Å². The zero-order chi connectivity index (χ0) is 18.5. The van der Waals surface area contributed by atoms with Gasteiger partial charge in [0.15, 0.2) is 11.5 Å². The summed E-state index contributed by atoms with van der Waals surface area (Å²) in [7, 11) is 0. The zero-order valence-electron chi connectivity index (χ0n) is 14.2. The topological polar surface area (TPSA) is 117 Å². The van der Waals surface area contributed by atoms with Crippen molar-refractivity contribution in [1.29, 1.82) is 0 Å². The standard InChI is InChI=1S/C17H21N3O6/c21-7-1-6-18-15(22)5-3-12-16(23)20(17(24)19-12)9-11-2-4-13-14(8-11)26-10-25-13/h2,4,8,12,21H,1,3,5-7,9-10H2,(H,18,22)(H,19,24)/t12-/m1/s1. The number of nitrogens with zero attached hydrogens (tertiary/aromatic N) is 1. The van der Waals surface area contributed by atoms with Crippen molar-refractivity contribution >= 4 is 17.8 Å². The molecule has 0 saturated carbocycles. The fraction of sp³-hybridized carbons (Fsp3) is 0.471. The summed E-state index contributed by atoms with van der Waals surface area (Å²) >= 11 is 0. The maximum Gasteiger partial charge on any atom is 0.325 e. The van der Waals surface area contributed by atoms with E-state index < -0.39 is 12.1 Å². The van der Waals surface area contributed by atoms with E-state index in [1.54, 1.807) is 18.2 Å². The maximum atomic E-state index is 12.4. The Labute approximate surface area is 150 Å². The molecule has 1 fully saturated rings. The first-order valence-corrected chi connectivity index (χ1v) is 8.46. The van der Waals surface area contributed by atoms with E-state index in [0.29, 0.717) is 24.5 Å². The molecular formula is C17H21N3O6. The minimum Gasteiger partial charge on any atom is -0.454 e. The van der Waals surface area contributed by atoms with Crippen molar-refractivity contribution in [3.8, 4) is 11.5 Å². The van der Waals surface area contributed by atoms with E-state index in [1.807, 2.05) is 0 Å². The molecule has 0 aliphatic carbocycles. The minimum atomic E-state index is -0.708. The van der Waals surface area contributed by atoms with Crippen LogP contribution in [0.15, 0.2) is 18.2 Å². The molecule has 1 atom stereocenters. The number of carbonyl (C=O) groups is 3. The molecule has 2 heterocycles. The van der Waals surface area contributed by atoms with Gasteiger partial charge >= 0.3 is 6.03 Å². The molecule has 0 aromatic heterocycles. The van der Waals surface area contributed by atoms with Gasteiger partial charge in [0.1, 0.15) is 6.04 Å². The van der Waals surface area contributed by atoms with Crippen molar-refractivity contribution in [1.82, 2.24) is 15.5 Å². The number of aliphatic hydroxyl groups excluding tert-OH is 1. The van der Waals surface area contributed by atoms with Gasteiger partial charge in [-0.1, -0.05) is 6.07 Å². The van der Waals surface area contributed by atoms with E-state index >= 15 is 0 Å². The molecule has 4 amide bonds. The summed E-state index contributed by atoms with van der Waals surface area (Å²) in [5.74, 6) is 0.659. The Morgan fingerprint density at radius 2 is 2.12 bits per heavy atom. The lowest BCUT2D eigenvalue weighted by molar-refractivity contribution is -0.128. The van der Waals surface area contributed by atoms with Crippen LogP contribution in [0, 0.1) is 0 Å². The molecule has 0 radical (unpaired) electrons. The second-order valence-electron chi connectivity index (χ2n) is 6.08. The third kappa shape index (κ3) is 4.05. The number of ether oxygens (including phenoxy) is 2. The van der Waals surface area contributed by atoms with E-state index in [1.165, 1.54) is 0 Å². The number of imide groups is 1. The number of urea groups is 1. The van der Waals surface area contributed by atoms with Gasteiger partial charge in [-0.3, -0.25) is 14.5 Å². The number of fused-ring (bicyclic) bond motifs is 1. The highest BCUT2D eigenvalue weighted by atomic mass is 16.7. The van der Waals surface area contributed by atoms with Gasteiger partial charge in [0, 0.05) is 19.6 Å². The Kier molecular flexibility index (Phi) is 5.57. The Hall–Kier alpha value is -2.81. The van der Waals surface area contributed by atoms with Crippen LogP contribution in [0.3, 0.4) is 0 Å². The molecule has 9 heteroatoms. The lowest BCUT2D eigenvalue weighted by atomic mass is 10.1. The van der Waals surface area contributed by atoms with Gasteiger partial charge in [0.25, 0.3) is 5.91 Å². The molecule has 3 N–H and O–H groups in total. The Balaban J connectivity index is 1.53. The van der Waals surface area contributed by atoms with Crippen LogP contribution in [0.1, 0.15) is 24.8 Å².